The first kappa shape index (κ1) is 6.81. The van der Waals surface area contributed by atoms with Crippen LogP contribution in [0.1, 0.15) is 0 Å². The lowest BCUT2D eigenvalue weighted by Crippen LogP contribution is -2.66. The zero-order chi connectivity index (χ0) is 7.56. The summed E-state index contributed by atoms with van der Waals surface area (Å²) < 4.78 is 0. The van der Waals surface area contributed by atoms with Crippen molar-refractivity contribution in [1.29, 1.82) is 0 Å². The van der Waals surface area contributed by atoms with Gasteiger partial charge in [-0.3, -0.25) is 10.6 Å². The first-order valence-electron chi connectivity index (χ1n) is 2.77. The Morgan fingerprint density at radius 2 is 1.80 bits per heavy atom. The van der Waals surface area contributed by atoms with E-state index in [0.717, 1.165) is 0 Å². The number of carbonyl (C=O) groups is 2. The first-order valence-corrected chi connectivity index (χ1v) is 2.77. The molecule has 0 spiro atoms. The van der Waals surface area contributed by atoms with Crippen molar-refractivity contribution in [1.82, 2.24) is 21.3 Å². The number of urea groups is 2. The fraction of sp³-hybridized carbons (Fsp3) is 0.500. The Morgan fingerprint density at radius 1 is 1.30 bits per heavy atom. The average Bonchev–Trinajstić information content (AvgIpc) is 1.85. The lowest BCUT2D eigenvalue weighted by Gasteiger charge is -2.23. The second-order valence-electron chi connectivity index (χ2n) is 1.79. The molecule has 0 aliphatic carbocycles. The molecule has 10 heavy (non-hydrogen) atoms. The first-order chi connectivity index (χ1) is 4.72. The Morgan fingerprint density at radius 3 is 2.20 bits per heavy atom. The fourth-order valence-corrected chi connectivity index (χ4v) is 0.618. The molecule has 56 valence electrons. The van der Waals surface area contributed by atoms with Gasteiger partial charge in [0.25, 0.3) is 0 Å². The van der Waals surface area contributed by atoms with E-state index in [9.17, 15) is 9.59 Å². The van der Waals surface area contributed by atoms with E-state index in [1.54, 1.807) is 7.05 Å². The average molecular weight is 144 g/mol. The number of nitrogens with one attached hydrogen (secondary N) is 4. The van der Waals surface area contributed by atoms with Crippen LogP contribution in [-0.4, -0.2) is 25.4 Å². The zero-order valence-electron chi connectivity index (χ0n) is 5.39. The minimum absolute atomic E-state index is 0.471. The molecule has 0 saturated carbocycles. The molecule has 1 aliphatic heterocycles. The molecule has 1 fully saturated rings. The van der Waals surface area contributed by atoms with Crippen molar-refractivity contribution >= 4 is 12.1 Å². The summed E-state index contributed by atoms with van der Waals surface area (Å²) >= 11 is 0. The van der Waals surface area contributed by atoms with Gasteiger partial charge in [0, 0.05) is 0 Å². The maximum absolute atomic E-state index is 10.5. The summed E-state index contributed by atoms with van der Waals surface area (Å²) in [5.74, 6) is 0. The summed E-state index contributed by atoms with van der Waals surface area (Å²) in [6.07, 6.45) is -0.471. The summed E-state index contributed by atoms with van der Waals surface area (Å²) in [6.45, 7) is 0. The van der Waals surface area contributed by atoms with Gasteiger partial charge in [0.15, 0.2) is 6.29 Å². The van der Waals surface area contributed by atoms with E-state index < -0.39 is 18.4 Å². The number of carbonyl (C=O) groups excluding carboxylic acids is 2. The lowest BCUT2D eigenvalue weighted by molar-refractivity contribution is 0.205. The van der Waals surface area contributed by atoms with Crippen LogP contribution in [0.4, 0.5) is 9.59 Å². The molecule has 6 nitrogen and oxygen atoms in total. The quantitative estimate of drug-likeness (QED) is 0.362. The van der Waals surface area contributed by atoms with Crippen molar-refractivity contribution in [3.63, 3.8) is 0 Å². The highest BCUT2D eigenvalue weighted by Crippen LogP contribution is 1.79. The van der Waals surface area contributed by atoms with Gasteiger partial charge in [-0.15, -0.1) is 0 Å². The molecule has 4 amide bonds. The van der Waals surface area contributed by atoms with Crippen LogP contribution in [0.3, 0.4) is 0 Å². The lowest BCUT2D eigenvalue weighted by atomic mass is 10.6. The van der Waals surface area contributed by atoms with Gasteiger partial charge in [0.2, 0.25) is 0 Å². The second-order valence-corrected chi connectivity index (χ2v) is 1.79. The Balaban J connectivity index is 2.50. The molecule has 1 rings (SSSR count). The Hall–Kier alpha value is -1.30. The largest absolute Gasteiger partial charge is 0.325 e. The standard InChI is InChI=1S/C4H8N4O2/c1-5-2-6-3(9)8-4(10)7-2/h2,5H,1H3,(H3,6,7,8,9,10). The van der Waals surface area contributed by atoms with E-state index in [2.05, 4.69) is 16.0 Å². The van der Waals surface area contributed by atoms with Gasteiger partial charge >= 0.3 is 12.1 Å². The highest BCUT2D eigenvalue weighted by molar-refractivity contribution is 5.95. The third kappa shape index (κ3) is 1.35. The van der Waals surface area contributed by atoms with E-state index in [-0.39, 0.29) is 0 Å². The van der Waals surface area contributed by atoms with Crippen LogP contribution in [0.15, 0.2) is 0 Å². The smallest absolute Gasteiger partial charge is 0.305 e. The number of hydrogen-bond donors (Lipinski definition) is 4. The predicted molar refractivity (Wildman–Crippen MR) is 33.0 cm³/mol. The molecule has 0 aromatic heterocycles. The van der Waals surface area contributed by atoms with Gasteiger partial charge in [0.1, 0.15) is 0 Å². The summed E-state index contributed by atoms with van der Waals surface area (Å²) in [7, 11) is 1.62. The molecule has 0 bridgehead atoms. The molecule has 0 unspecified atom stereocenters. The number of hydrogen-bond acceptors (Lipinski definition) is 3. The summed E-state index contributed by atoms with van der Waals surface area (Å²) in [5.41, 5.74) is 0. The van der Waals surface area contributed by atoms with Crippen LogP contribution in [0.5, 0.6) is 0 Å². The van der Waals surface area contributed by atoms with E-state index in [1.165, 1.54) is 0 Å². The SMILES string of the molecule is CNC1NC(=O)NC(=O)N1. The summed E-state index contributed by atoms with van der Waals surface area (Å²) in [6, 6.07) is -0.994. The normalized spacial score (nSPS) is 19.3. The van der Waals surface area contributed by atoms with Gasteiger partial charge in [-0.05, 0) is 7.05 Å². The molecule has 0 atom stereocenters. The van der Waals surface area contributed by atoms with Crippen LogP contribution >= 0.6 is 0 Å². The minimum Gasteiger partial charge on any atom is -0.305 e. The minimum atomic E-state index is -0.497. The van der Waals surface area contributed by atoms with Crippen molar-refractivity contribution in [2.75, 3.05) is 7.05 Å². The number of rotatable bonds is 1. The molecular formula is C4H8N4O2. The van der Waals surface area contributed by atoms with Gasteiger partial charge < -0.3 is 10.6 Å². The molecule has 1 saturated heterocycles. The second kappa shape index (κ2) is 2.53. The van der Waals surface area contributed by atoms with Crippen LogP contribution in [0, 0.1) is 0 Å². The zero-order valence-corrected chi connectivity index (χ0v) is 5.39. The molecule has 1 heterocycles. The van der Waals surface area contributed by atoms with Crippen molar-refractivity contribution in [3.8, 4) is 0 Å². The maximum atomic E-state index is 10.5. The van der Waals surface area contributed by atoms with Crippen LogP contribution < -0.4 is 21.3 Å². The topological polar surface area (TPSA) is 82.3 Å². The van der Waals surface area contributed by atoms with E-state index >= 15 is 0 Å². The molecular weight excluding hydrogens is 136 g/mol. The molecule has 0 aromatic rings. The summed E-state index contributed by atoms with van der Waals surface area (Å²) in [5, 5.41) is 9.47. The number of imide groups is 1. The van der Waals surface area contributed by atoms with Crippen molar-refractivity contribution in [2.45, 2.75) is 6.29 Å². The van der Waals surface area contributed by atoms with Crippen LogP contribution in [-0.2, 0) is 0 Å². The Bertz CT molecular complexity index is 153. The van der Waals surface area contributed by atoms with E-state index in [0.29, 0.717) is 0 Å². The van der Waals surface area contributed by atoms with Crippen LogP contribution in [0.2, 0.25) is 0 Å². The summed E-state index contributed by atoms with van der Waals surface area (Å²) in [4.78, 5) is 21.0. The molecule has 0 radical (unpaired) electrons. The highest BCUT2D eigenvalue weighted by atomic mass is 16.2. The van der Waals surface area contributed by atoms with Crippen molar-refractivity contribution in [2.24, 2.45) is 0 Å². The fourth-order valence-electron chi connectivity index (χ4n) is 0.618. The molecule has 0 aromatic carbocycles. The third-order valence-corrected chi connectivity index (χ3v) is 1.07. The van der Waals surface area contributed by atoms with Gasteiger partial charge in [-0.25, -0.2) is 9.59 Å². The van der Waals surface area contributed by atoms with Crippen molar-refractivity contribution in [3.05, 3.63) is 0 Å². The third-order valence-electron chi connectivity index (χ3n) is 1.07. The van der Waals surface area contributed by atoms with Gasteiger partial charge in [-0.1, -0.05) is 0 Å². The van der Waals surface area contributed by atoms with Gasteiger partial charge in [0.05, 0.1) is 0 Å². The molecule has 1 aliphatic rings. The monoisotopic (exact) mass is 144 g/mol. The van der Waals surface area contributed by atoms with E-state index in [4.69, 9.17) is 0 Å². The van der Waals surface area contributed by atoms with Crippen LogP contribution in [0.25, 0.3) is 0 Å². The molecule has 4 N–H and O–H groups in total. The Labute approximate surface area is 57.4 Å². The Kier molecular flexibility index (Phi) is 1.72. The van der Waals surface area contributed by atoms with E-state index in [1.807, 2.05) is 5.32 Å². The van der Waals surface area contributed by atoms with Gasteiger partial charge in [-0.2, -0.15) is 0 Å². The highest BCUT2D eigenvalue weighted by Gasteiger charge is 2.19. The van der Waals surface area contributed by atoms with Crippen molar-refractivity contribution < 1.29 is 9.59 Å². The molecule has 6 heteroatoms. The predicted octanol–water partition coefficient (Wildman–Crippen LogP) is -1.49. The number of amides is 4. The maximum Gasteiger partial charge on any atom is 0.325 e.